The van der Waals surface area contributed by atoms with Crippen LogP contribution in [0.4, 0.5) is 4.79 Å². The Morgan fingerprint density at radius 3 is 2.52 bits per heavy atom. The Labute approximate surface area is 148 Å². The van der Waals surface area contributed by atoms with E-state index in [2.05, 4.69) is 0 Å². The first-order valence-corrected chi connectivity index (χ1v) is 8.62. The first kappa shape index (κ1) is 17.7. The number of ether oxygens (including phenoxy) is 1. The van der Waals surface area contributed by atoms with Crippen molar-refractivity contribution in [1.82, 2.24) is 4.90 Å². The number of hydrogen-bond acceptors (Lipinski definition) is 4. The first-order chi connectivity index (χ1) is 11.6. The van der Waals surface area contributed by atoms with Gasteiger partial charge >= 0.3 is 6.09 Å². The molecule has 1 aliphatic heterocycles. The molecule has 5 nitrogen and oxygen atoms in total. The zero-order valence-electron chi connectivity index (χ0n) is 15.2. The number of fused-ring (bicyclic) bond motifs is 1. The highest BCUT2D eigenvalue weighted by molar-refractivity contribution is 5.97. The van der Waals surface area contributed by atoms with Crippen LogP contribution in [0.5, 0.6) is 0 Å². The molecule has 5 heteroatoms. The molecular formula is C20H25NO4. The van der Waals surface area contributed by atoms with E-state index < -0.39 is 23.2 Å². The van der Waals surface area contributed by atoms with Crippen molar-refractivity contribution >= 4 is 12.0 Å². The quantitative estimate of drug-likeness (QED) is 0.846. The fourth-order valence-electron chi connectivity index (χ4n) is 3.73. The minimum Gasteiger partial charge on any atom is -0.443 e. The third-order valence-electron chi connectivity index (χ3n) is 4.82. The van der Waals surface area contributed by atoms with Gasteiger partial charge in [0, 0.05) is 23.5 Å². The van der Waals surface area contributed by atoms with Crippen LogP contribution in [0.2, 0.25) is 0 Å². The van der Waals surface area contributed by atoms with E-state index in [4.69, 9.17) is 4.74 Å². The Morgan fingerprint density at radius 2 is 1.92 bits per heavy atom. The second-order valence-electron chi connectivity index (χ2n) is 8.21. The molecule has 0 bridgehead atoms. The number of nitrogens with zero attached hydrogens (tertiary/aromatic N) is 1. The maximum atomic E-state index is 12.6. The summed E-state index contributed by atoms with van der Waals surface area (Å²) in [7, 11) is 0. The zero-order chi connectivity index (χ0) is 18.4. The van der Waals surface area contributed by atoms with Crippen molar-refractivity contribution in [3.63, 3.8) is 0 Å². The van der Waals surface area contributed by atoms with Crippen molar-refractivity contribution in [1.29, 1.82) is 0 Å². The normalized spacial score (nSPS) is 29.2. The van der Waals surface area contributed by atoms with E-state index in [1.807, 2.05) is 43.3 Å². The molecule has 2 amide bonds. The summed E-state index contributed by atoms with van der Waals surface area (Å²) < 4.78 is 5.42. The largest absolute Gasteiger partial charge is 0.443 e. The first-order valence-electron chi connectivity index (χ1n) is 8.62. The fourth-order valence-corrected chi connectivity index (χ4v) is 3.73. The third-order valence-corrected chi connectivity index (χ3v) is 4.82. The van der Waals surface area contributed by atoms with E-state index in [9.17, 15) is 14.7 Å². The van der Waals surface area contributed by atoms with E-state index in [-0.39, 0.29) is 18.2 Å². The smallest absolute Gasteiger partial charge is 0.421 e. The van der Waals surface area contributed by atoms with Crippen LogP contribution in [-0.2, 0) is 9.53 Å². The van der Waals surface area contributed by atoms with Crippen molar-refractivity contribution < 1.29 is 19.4 Å². The highest BCUT2D eigenvalue weighted by atomic mass is 16.6. The van der Waals surface area contributed by atoms with Crippen molar-refractivity contribution in [2.24, 2.45) is 5.41 Å². The van der Waals surface area contributed by atoms with Crippen molar-refractivity contribution in [3.8, 4) is 0 Å². The van der Waals surface area contributed by atoms with Gasteiger partial charge in [0.25, 0.3) is 0 Å². The number of rotatable bonds is 1. The van der Waals surface area contributed by atoms with Gasteiger partial charge in [0.05, 0.1) is 6.10 Å². The Morgan fingerprint density at radius 1 is 1.28 bits per heavy atom. The number of aliphatic hydroxyl groups excluding tert-OH is 1. The lowest BCUT2D eigenvalue weighted by Gasteiger charge is -2.37. The molecule has 0 aromatic heterocycles. The third kappa shape index (κ3) is 3.33. The van der Waals surface area contributed by atoms with Gasteiger partial charge in [-0.1, -0.05) is 43.3 Å². The lowest BCUT2D eigenvalue weighted by atomic mass is 9.71. The summed E-state index contributed by atoms with van der Waals surface area (Å²) in [6.07, 6.45) is 1.26. The molecule has 0 saturated carbocycles. The van der Waals surface area contributed by atoms with Crippen LogP contribution < -0.4 is 0 Å². The summed E-state index contributed by atoms with van der Waals surface area (Å²) in [6.45, 7) is 7.24. The minimum absolute atomic E-state index is 0.205. The summed E-state index contributed by atoms with van der Waals surface area (Å²) in [6, 6.07) is 9.64. The molecule has 1 saturated heterocycles. The van der Waals surface area contributed by atoms with Gasteiger partial charge in [0.1, 0.15) is 5.60 Å². The standard InChI is InChI=1S/C20H25NO4/c1-19(2,3)25-18(24)21-16-10-14(13-8-6-5-7-9-13)15(22)11-20(16,4)12-17(21)23/h5-10,14-15,22H,11-12H2,1-4H3/t14-,15-,20-/m0/s1. The Balaban J connectivity index is 1.99. The maximum absolute atomic E-state index is 12.6. The highest BCUT2D eigenvalue weighted by Gasteiger charge is 2.52. The molecule has 0 radical (unpaired) electrons. The summed E-state index contributed by atoms with van der Waals surface area (Å²) in [4.78, 5) is 26.3. The molecule has 1 aromatic rings. The molecule has 3 rings (SSSR count). The highest BCUT2D eigenvalue weighted by Crippen LogP contribution is 2.51. The van der Waals surface area contributed by atoms with Gasteiger partial charge < -0.3 is 9.84 Å². The summed E-state index contributed by atoms with van der Waals surface area (Å²) in [5, 5.41) is 10.6. The van der Waals surface area contributed by atoms with E-state index in [0.717, 1.165) is 10.5 Å². The van der Waals surface area contributed by atoms with Gasteiger partial charge in [-0.2, -0.15) is 0 Å². The molecule has 0 spiro atoms. The lowest BCUT2D eigenvalue weighted by molar-refractivity contribution is -0.126. The summed E-state index contributed by atoms with van der Waals surface area (Å²) >= 11 is 0. The monoisotopic (exact) mass is 343 g/mol. The predicted molar refractivity (Wildman–Crippen MR) is 93.7 cm³/mol. The van der Waals surface area contributed by atoms with E-state index in [1.165, 1.54) is 0 Å². The maximum Gasteiger partial charge on any atom is 0.421 e. The molecule has 1 aromatic carbocycles. The summed E-state index contributed by atoms with van der Waals surface area (Å²) in [5.41, 5.74) is 0.390. The van der Waals surface area contributed by atoms with Crippen LogP contribution in [0.3, 0.4) is 0 Å². The van der Waals surface area contributed by atoms with Crippen LogP contribution in [0.25, 0.3) is 0 Å². The second kappa shape index (κ2) is 5.99. The van der Waals surface area contributed by atoms with E-state index in [1.54, 1.807) is 20.8 Å². The molecule has 134 valence electrons. The van der Waals surface area contributed by atoms with Crippen LogP contribution in [-0.4, -0.2) is 33.7 Å². The zero-order valence-corrected chi connectivity index (χ0v) is 15.2. The molecule has 0 unspecified atom stereocenters. The average Bonchev–Trinajstić information content (AvgIpc) is 2.74. The molecular weight excluding hydrogens is 318 g/mol. The molecule has 1 fully saturated rings. The van der Waals surface area contributed by atoms with Crippen LogP contribution in [0.1, 0.15) is 52.0 Å². The fraction of sp³-hybridized carbons (Fsp3) is 0.500. The van der Waals surface area contributed by atoms with Gasteiger partial charge in [-0.25, -0.2) is 9.69 Å². The molecule has 2 aliphatic rings. The Bertz CT molecular complexity index is 719. The minimum atomic E-state index is -0.677. The van der Waals surface area contributed by atoms with Gasteiger partial charge in [-0.15, -0.1) is 0 Å². The van der Waals surface area contributed by atoms with Crippen molar-refractivity contribution in [2.75, 3.05) is 0 Å². The number of carbonyl (C=O) groups is 2. The van der Waals surface area contributed by atoms with Crippen LogP contribution >= 0.6 is 0 Å². The number of likely N-dealkylation sites (tertiary alicyclic amines) is 1. The molecule has 1 N–H and O–H groups in total. The Hall–Kier alpha value is -2.14. The average molecular weight is 343 g/mol. The number of imide groups is 1. The van der Waals surface area contributed by atoms with Crippen molar-refractivity contribution in [3.05, 3.63) is 47.7 Å². The van der Waals surface area contributed by atoms with Gasteiger partial charge in [0.15, 0.2) is 0 Å². The molecule has 25 heavy (non-hydrogen) atoms. The van der Waals surface area contributed by atoms with Gasteiger partial charge in [-0.3, -0.25) is 4.79 Å². The summed E-state index contributed by atoms with van der Waals surface area (Å²) in [5.74, 6) is -0.524. The number of amides is 2. The number of benzene rings is 1. The number of carbonyl (C=O) groups excluding carboxylic acids is 2. The topological polar surface area (TPSA) is 66.8 Å². The number of aliphatic hydroxyl groups is 1. The van der Waals surface area contributed by atoms with Crippen LogP contribution in [0.15, 0.2) is 42.1 Å². The molecule has 1 aliphatic carbocycles. The van der Waals surface area contributed by atoms with Crippen molar-refractivity contribution in [2.45, 2.75) is 58.2 Å². The number of allylic oxidation sites excluding steroid dienone is 1. The molecule has 1 heterocycles. The second-order valence-corrected chi connectivity index (χ2v) is 8.21. The lowest BCUT2D eigenvalue weighted by Crippen LogP contribution is -2.40. The number of hydrogen-bond donors (Lipinski definition) is 1. The van der Waals surface area contributed by atoms with E-state index >= 15 is 0 Å². The van der Waals surface area contributed by atoms with Gasteiger partial charge in [-0.05, 0) is 32.8 Å². The van der Waals surface area contributed by atoms with E-state index in [0.29, 0.717) is 12.1 Å². The van der Waals surface area contributed by atoms with Gasteiger partial charge in [0.2, 0.25) is 5.91 Å². The molecule has 3 atom stereocenters. The predicted octanol–water partition coefficient (Wildman–Crippen LogP) is 3.59. The SMILES string of the molecule is CC(C)(C)OC(=O)N1C(=O)C[C@]2(C)C[C@H](O)[C@H](c3ccccc3)C=C12. The van der Waals surface area contributed by atoms with Crippen LogP contribution in [0, 0.1) is 5.41 Å². The Kier molecular flexibility index (Phi) is 4.23.